The maximum absolute atomic E-state index is 11.6. The highest BCUT2D eigenvalue weighted by molar-refractivity contribution is 14.0. The third-order valence-electron chi connectivity index (χ3n) is 2.88. The number of guanidine groups is 1. The zero-order valence-corrected chi connectivity index (χ0v) is 16.5. The zero-order valence-electron chi connectivity index (χ0n) is 14.1. The summed E-state index contributed by atoms with van der Waals surface area (Å²) in [5.41, 5.74) is 0.914. The summed E-state index contributed by atoms with van der Waals surface area (Å²) in [6, 6.07) is 1.91. The molecule has 0 saturated heterocycles. The minimum absolute atomic E-state index is 0. The highest BCUT2D eigenvalue weighted by atomic mass is 127. The molecule has 1 rings (SSSR count). The highest BCUT2D eigenvalue weighted by Crippen LogP contribution is 2.13. The van der Waals surface area contributed by atoms with Gasteiger partial charge in [-0.1, -0.05) is 25.1 Å². The van der Waals surface area contributed by atoms with E-state index in [1.165, 1.54) is 4.90 Å². The van der Waals surface area contributed by atoms with Crippen LogP contribution in [-0.2, 0) is 11.3 Å². The molecule has 0 aliphatic rings. The Morgan fingerprint density at radius 2 is 2.17 bits per heavy atom. The van der Waals surface area contributed by atoms with Gasteiger partial charge in [0.1, 0.15) is 6.54 Å². The van der Waals surface area contributed by atoms with E-state index in [4.69, 9.17) is 4.52 Å². The van der Waals surface area contributed by atoms with Gasteiger partial charge in [-0.2, -0.15) is 0 Å². The molecule has 0 bridgehead atoms. The third kappa shape index (κ3) is 8.00. The molecule has 1 aromatic rings. The SMILES string of the molecule is C=CCNC(=NCC(=O)N(C)C)NCc1cc(C(C)C)no1.I. The van der Waals surface area contributed by atoms with Gasteiger partial charge in [-0.25, -0.2) is 4.99 Å². The van der Waals surface area contributed by atoms with Crippen LogP contribution in [0.1, 0.15) is 31.2 Å². The Balaban J connectivity index is 0.00000484. The normalized spacial score (nSPS) is 10.9. The molecule has 7 nitrogen and oxygen atoms in total. The number of rotatable bonds is 7. The van der Waals surface area contributed by atoms with E-state index in [0.717, 1.165) is 11.5 Å². The highest BCUT2D eigenvalue weighted by Gasteiger charge is 2.09. The van der Waals surface area contributed by atoms with Gasteiger partial charge in [0.2, 0.25) is 5.91 Å². The molecule has 0 atom stereocenters. The van der Waals surface area contributed by atoms with Crippen LogP contribution in [0.3, 0.4) is 0 Å². The van der Waals surface area contributed by atoms with Crippen molar-refractivity contribution >= 4 is 35.8 Å². The number of halogens is 1. The predicted molar refractivity (Wildman–Crippen MR) is 102 cm³/mol. The smallest absolute Gasteiger partial charge is 0.243 e. The number of nitrogens with one attached hydrogen (secondary N) is 2. The molecule has 0 saturated carbocycles. The Morgan fingerprint density at radius 3 is 2.70 bits per heavy atom. The molecule has 1 heterocycles. The first-order valence-electron chi connectivity index (χ1n) is 7.22. The van der Waals surface area contributed by atoms with Gasteiger partial charge >= 0.3 is 0 Å². The Labute approximate surface area is 154 Å². The molecule has 2 N–H and O–H groups in total. The van der Waals surface area contributed by atoms with Crippen molar-refractivity contribution in [2.24, 2.45) is 4.99 Å². The Morgan fingerprint density at radius 1 is 1.48 bits per heavy atom. The van der Waals surface area contributed by atoms with E-state index in [1.807, 2.05) is 6.07 Å². The average Bonchev–Trinajstić information content (AvgIpc) is 2.95. The molecule has 0 aliphatic heterocycles. The molecule has 130 valence electrons. The second-order valence-electron chi connectivity index (χ2n) is 5.35. The van der Waals surface area contributed by atoms with Crippen LogP contribution in [0, 0.1) is 0 Å². The fourth-order valence-corrected chi connectivity index (χ4v) is 1.49. The summed E-state index contributed by atoms with van der Waals surface area (Å²) >= 11 is 0. The van der Waals surface area contributed by atoms with E-state index in [2.05, 4.69) is 41.2 Å². The van der Waals surface area contributed by atoms with Gasteiger partial charge in [0.05, 0.1) is 12.2 Å². The maximum Gasteiger partial charge on any atom is 0.243 e. The van der Waals surface area contributed by atoms with Crippen LogP contribution in [0.4, 0.5) is 0 Å². The number of likely N-dealkylation sites (N-methyl/N-ethyl adjacent to an activating group) is 1. The molecule has 1 amide bonds. The first-order valence-corrected chi connectivity index (χ1v) is 7.22. The molecular formula is C15H26IN5O2. The molecular weight excluding hydrogens is 409 g/mol. The van der Waals surface area contributed by atoms with Crippen molar-refractivity contribution in [1.29, 1.82) is 0 Å². The summed E-state index contributed by atoms with van der Waals surface area (Å²) < 4.78 is 5.25. The lowest BCUT2D eigenvalue weighted by Crippen LogP contribution is -2.38. The standard InChI is InChI=1S/C15H25N5O2.HI/c1-6-7-16-15(18-10-14(21)20(4)5)17-9-12-8-13(11(2)3)19-22-12;/h6,8,11H,1,7,9-10H2,2-5H3,(H2,16,17,18);1H. The number of aliphatic imine (C=N–C) groups is 1. The summed E-state index contributed by atoms with van der Waals surface area (Å²) in [7, 11) is 3.40. The van der Waals surface area contributed by atoms with Crippen molar-refractivity contribution in [1.82, 2.24) is 20.7 Å². The first kappa shape index (κ1) is 21.4. The van der Waals surface area contributed by atoms with Crippen molar-refractivity contribution < 1.29 is 9.32 Å². The topological polar surface area (TPSA) is 82.8 Å². The van der Waals surface area contributed by atoms with Crippen LogP contribution in [-0.4, -0.2) is 49.1 Å². The average molecular weight is 435 g/mol. The van der Waals surface area contributed by atoms with Crippen LogP contribution >= 0.6 is 24.0 Å². The van der Waals surface area contributed by atoms with E-state index < -0.39 is 0 Å². The predicted octanol–water partition coefficient (Wildman–Crippen LogP) is 1.73. The lowest BCUT2D eigenvalue weighted by atomic mass is 10.1. The summed E-state index contributed by atoms with van der Waals surface area (Å²) in [5.74, 6) is 1.50. The Kier molecular flexibility index (Phi) is 10.3. The fourth-order valence-electron chi connectivity index (χ4n) is 1.49. The first-order chi connectivity index (χ1) is 10.4. The molecule has 0 aliphatic carbocycles. The lowest BCUT2D eigenvalue weighted by Gasteiger charge is -2.11. The van der Waals surface area contributed by atoms with Crippen LogP contribution in [0.25, 0.3) is 0 Å². The van der Waals surface area contributed by atoms with Crippen LogP contribution in [0.15, 0.2) is 28.2 Å². The molecule has 1 aromatic heterocycles. The summed E-state index contributed by atoms with van der Waals surface area (Å²) in [5, 5.41) is 10.2. The quantitative estimate of drug-likeness (QED) is 0.295. The fraction of sp³-hybridized carbons (Fsp3) is 0.533. The molecule has 8 heteroatoms. The molecule has 0 unspecified atom stereocenters. The molecule has 0 spiro atoms. The largest absolute Gasteiger partial charge is 0.359 e. The van der Waals surface area contributed by atoms with Crippen molar-refractivity contribution in [3.63, 3.8) is 0 Å². The monoisotopic (exact) mass is 435 g/mol. The number of aromatic nitrogens is 1. The van der Waals surface area contributed by atoms with Crippen molar-refractivity contribution in [2.75, 3.05) is 27.2 Å². The number of carbonyl (C=O) groups excluding carboxylic acids is 1. The van der Waals surface area contributed by atoms with Gasteiger partial charge in [0.25, 0.3) is 0 Å². The van der Waals surface area contributed by atoms with Gasteiger partial charge in [-0.15, -0.1) is 30.6 Å². The molecule has 0 fully saturated rings. The van der Waals surface area contributed by atoms with Crippen molar-refractivity contribution in [3.8, 4) is 0 Å². The number of nitrogens with zero attached hydrogens (tertiary/aromatic N) is 3. The Bertz CT molecular complexity index is 526. The number of carbonyl (C=O) groups is 1. The molecule has 0 radical (unpaired) electrons. The molecule has 0 aromatic carbocycles. The van der Waals surface area contributed by atoms with E-state index in [-0.39, 0.29) is 36.4 Å². The number of hydrogen-bond donors (Lipinski definition) is 2. The molecule has 23 heavy (non-hydrogen) atoms. The summed E-state index contributed by atoms with van der Waals surface area (Å²) in [6.07, 6.45) is 1.72. The third-order valence-corrected chi connectivity index (χ3v) is 2.88. The maximum atomic E-state index is 11.6. The zero-order chi connectivity index (χ0) is 16.5. The Hall–Kier alpha value is -1.58. The van der Waals surface area contributed by atoms with E-state index in [9.17, 15) is 4.79 Å². The second kappa shape index (κ2) is 11.0. The van der Waals surface area contributed by atoms with E-state index in [1.54, 1.807) is 20.2 Å². The minimum atomic E-state index is -0.0681. The van der Waals surface area contributed by atoms with Gasteiger partial charge in [-0.05, 0) is 5.92 Å². The second-order valence-corrected chi connectivity index (χ2v) is 5.35. The number of amides is 1. The van der Waals surface area contributed by atoms with Crippen LogP contribution in [0.5, 0.6) is 0 Å². The van der Waals surface area contributed by atoms with Crippen molar-refractivity contribution in [3.05, 3.63) is 30.2 Å². The van der Waals surface area contributed by atoms with Gasteiger partial charge in [-0.3, -0.25) is 4.79 Å². The number of hydrogen-bond acceptors (Lipinski definition) is 4. The van der Waals surface area contributed by atoms with Gasteiger partial charge in [0.15, 0.2) is 11.7 Å². The minimum Gasteiger partial charge on any atom is -0.359 e. The summed E-state index contributed by atoms with van der Waals surface area (Å²) in [6.45, 7) is 8.83. The van der Waals surface area contributed by atoms with Gasteiger partial charge in [0, 0.05) is 26.7 Å². The van der Waals surface area contributed by atoms with Crippen molar-refractivity contribution in [2.45, 2.75) is 26.3 Å². The van der Waals surface area contributed by atoms with Crippen LogP contribution in [0.2, 0.25) is 0 Å². The lowest BCUT2D eigenvalue weighted by molar-refractivity contribution is -0.127. The summed E-state index contributed by atoms with van der Waals surface area (Å²) in [4.78, 5) is 17.3. The van der Waals surface area contributed by atoms with Crippen LogP contribution < -0.4 is 10.6 Å². The van der Waals surface area contributed by atoms with E-state index >= 15 is 0 Å². The van der Waals surface area contributed by atoms with E-state index in [0.29, 0.717) is 25.0 Å². The van der Waals surface area contributed by atoms with Gasteiger partial charge < -0.3 is 20.1 Å².